The van der Waals surface area contributed by atoms with Crippen LogP contribution in [0.4, 0.5) is 11.4 Å². The molecule has 3 nitrogen and oxygen atoms in total. The van der Waals surface area contributed by atoms with Crippen LogP contribution in [-0.4, -0.2) is 5.91 Å². The summed E-state index contributed by atoms with van der Waals surface area (Å²) in [4.78, 5) is 12.0. The summed E-state index contributed by atoms with van der Waals surface area (Å²) in [5.41, 5.74) is 7.29. The van der Waals surface area contributed by atoms with Crippen molar-refractivity contribution >= 4 is 44.8 Å². The van der Waals surface area contributed by atoms with Gasteiger partial charge in [0.2, 0.25) is 0 Å². The average molecular weight is 326 g/mol. The van der Waals surface area contributed by atoms with Gasteiger partial charge in [0.15, 0.2) is 0 Å². The number of halogens is 2. The van der Waals surface area contributed by atoms with Crippen molar-refractivity contribution in [1.29, 1.82) is 0 Å². The van der Waals surface area contributed by atoms with E-state index in [0.717, 1.165) is 4.47 Å². The first-order valence-electron chi connectivity index (χ1n) is 5.18. The molecule has 2 aromatic carbocycles. The number of carbonyl (C=O) groups is 1. The highest BCUT2D eigenvalue weighted by atomic mass is 79.9. The van der Waals surface area contributed by atoms with Crippen molar-refractivity contribution in [3.8, 4) is 0 Å². The number of nitrogen functional groups attached to an aromatic ring is 1. The fraction of sp³-hybridized carbons (Fsp3) is 0. The van der Waals surface area contributed by atoms with E-state index in [1.54, 1.807) is 36.4 Å². The first kappa shape index (κ1) is 12.9. The fourth-order valence-corrected chi connectivity index (χ4v) is 2.03. The third-order valence-electron chi connectivity index (χ3n) is 2.35. The Labute approximate surface area is 118 Å². The second-order valence-corrected chi connectivity index (χ2v) is 5.05. The summed E-state index contributed by atoms with van der Waals surface area (Å²) in [7, 11) is 0. The molecule has 0 saturated carbocycles. The molecule has 2 aromatic rings. The van der Waals surface area contributed by atoms with Gasteiger partial charge in [0, 0.05) is 15.1 Å². The van der Waals surface area contributed by atoms with Gasteiger partial charge in [0.25, 0.3) is 5.91 Å². The van der Waals surface area contributed by atoms with E-state index in [2.05, 4.69) is 21.2 Å². The van der Waals surface area contributed by atoms with Gasteiger partial charge in [0.05, 0.1) is 11.4 Å². The summed E-state index contributed by atoms with van der Waals surface area (Å²) in [5, 5.41) is 3.25. The lowest BCUT2D eigenvalue weighted by Gasteiger charge is -2.08. The quantitative estimate of drug-likeness (QED) is 0.822. The van der Waals surface area contributed by atoms with Crippen molar-refractivity contribution in [1.82, 2.24) is 0 Å². The lowest BCUT2D eigenvalue weighted by atomic mass is 10.2. The summed E-state index contributed by atoms with van der Waals surface area (Å²) in [5.74, 6) is -0.231. The molecule has 0 aliphatic rings. The van der Waals surface area contributed by atoms with Gasteiger partial charge in [-0.1, -0.05) is 33.6 Å². The predicted octanol–water partition coefficient (Wildman–Crippen LogP) is 3.94. The van der Waals surface area contributed by atoms with Crippen LogP contribution in [0.15, 0.2) is 46.9 Å². The number of anilines is 2. The molecular weight excluding hydrogens is 316 g/mol. The summed E-state index contributed by atoms with van der Waals surface area (Å²) in [6.45, 7) is 0. The molecule has 0 aliphatic heterocycles. The Balaban J connectivity index is 2.24. The normalized spacial score (nSPS) is 10.1. The molecule has 3 N–H and O–H groups in total. The van der Waals surface area contributed by atoms with Gasteiger partial charge in [-0.2, -0.15) is 0 Å². The SMILES string of the molecule is Nc1ccc(Cl)cc1NC(=O)c1cccc(Br)c1. The maximum Gasteiger partial charge on any atom is 0.255 e. The van der Waals surface area contributed by atoms with Gasteiger partial charge in [-0.05, 0) is 36.4 Å². The van der Waals surface area contributed by atoms with Crippen LogP contribution in [0.2, 0.25) is 5.02 Å². The zero-order chi connectivity index (χ0) is 13.1. The minimum absolute atomic E-state index is 0.231. The van der Waals surface area contributed by atoms with Crippen molar-refractivity contribution < 1.29 is 4.79 Å². The number of nitrogens with two attached hydrogens (primary N) is 1. The third-order valence-corrected chi connectivity index (χ3v) is 3.08. The molecule has 5 heteroatoms. The summed E-state index contributed by atoms with van der Waals surface area (Å²) >= 11 is 9.17. The average Bonchev–Trinajstić information content (AvgIpc) is 2.34. The zero-order valence-corrected chi connectivity index (χ0v) is 11.6. The van der Waals surface area contributed by atoms with Crippen molar-refractivity contribution in [2.24, 2.45) is 0 Å². The van der Waals surface area contributed by atoms with E-state index in [4.69, 9.17) is 17.3 Å². The van der Waals surface area contributed by atoms with Crippen LogP contribution in [0.1, 0.15) is 10.4 Å². The molecule has 0 unspecified atom stereocenters. The van der Waals surface area contributed by atoms with Crippen molar-refractivity contribution in [3.05, 3.63) is 57.5 Å². The van der Waals surface area contributed by atoms with Crippen LogP contribution in [0.5, 0.6) is 0 Å². The molecule has 0 heterocycles. The molecule has 1 amide bonds. The van der Waals surface area contributed by atoms with Gasteiger partial charge in [-0.15, -0.1) is 0 Å². The lowest BCUT2D eigenvalue weighted by Crippen LogP contribution is -2.13. The molecule has 18 heavy (non-hydrogen) atoms. The van der Waals surface area contributed by atoms with Gasteiger partial charge in [-0.25, -0.2) is 0 Å². The van der Waals surface area contributed by atoms with E-state index in [9.17, 15) is 4.79 Å². The van der Waals surface area contributed by atoms with Crippen LogP contribution in [-0.2, 0) is 0 Å². The molecule has 0 radical (unpaired) electrons. The molecule has 0 aromatic heterocycles. The minimum atomic E-state index is -0.231. The Morgan fingerprint density at radius 2 is 2.00 bits per heavy atom. The van der Waals surface area contributed by atoms with E-state index < -0.39 is 0 Å². The number of rotatable bonds is 2. The van der Waals surface area contributed by atoms with Crippen LogP contribution in [0.25, 0.3) is 0 Å². The molecule has 92 valence electrons. The van der Waals surface area contributed by atoms with Gasteiger partial charge in [0.1, 0.15) is 0 Å². The maximum atomic E-state index is 12.0. The molecule has 0 atom stereocenters. The van der Waals surface area contributed by atoms with Crippen LogP contribution >= 0.6 is 27.5 Å². The highest BCUT2D eigenvalue weighted by molar-refractivity contribution is 9.10. The van der Waals surface area contributed by atoms with Crippen LogP contribution in [0, 0.1) is 0 Å². The molecule has 0 spiro atoms. The first-order valence-corrected chi connectivity index (χ1v) is 6.35. The number of amides is 1. The minimum Gasteiger partial charge on any atom is -0.397 e. The molecular formula is C13H10BrClN2O. The highest BCUT2D eigenvalue weighted by Gasteiger charge is 2.08. The summed E-state index contributed by atoms with van der Waals surface area (Å²) in [6, 6.07) is 12.0. The Morgan fingerprint density at radius 3 is 2.72 bits per heavy atom. The number of hydrogen-bond acceptors (Lipinski definition) is 2. The van der Waals surface area contributed by atoms with E-state index in [-0.39, 0.29) is 5.91 Å². The monoisotopic (exact) mass is 324 g/mol. The molecule has 0 fully saturated rings. The van der Waals surface area contributed by atoms with E-state index in [1.807, 2.05) is 6.07 Å². The number of carbonyl (C=O) groups excluding carboxylic acids is 1. The lowest BCUT2D eigenvalue weighted by molar-refractivity contribution is 0.102. The third kappa shape index (κ3) is 3.03. The second-order valence-electron chi connectivity index (χ2n) is 3.70. The molecule has 0 aliphatic carbocycles. The fourth-order valence-electron chi connectivity index (χ4n) is 1.46. The molecule has 2 rings (SSSR count). The first-order chi connectivity index (χ1) is 8.56. The summed E-state index contributed by atoms with van der Waals surface area (Å²) < 4.78 is 0.842. The Kier molecular flexibility index (Phi) is 3.89. The van der Waals surface area contributed by atoms with E-state index >= 15 is 0 Å². The number of hydrogen-bond donors (Lipinski definition) is 2. The Morgan fingerprint density at radius 1 is 1.22 bits per heavy atom. The van der Waals surface area contributed by atoms with Crippen LogP contribution < -0.4 is 11.1 Å². The second kappa shape index (κ2) is 5.42. The molecule has 0 bridgehead atoms. The zero-order valence-electron chi connectivity index (χ0n) is 9.28. The van der Waals surface area contributed by atoms with Gasteiger partial charge in [-0.3, -0.25) is 4.79 Å². The maximum absolute atomic E-state index is 12.0. The standard InChI is InChI=1S/C13H10BrClN2O/c14-9-3-1-2-8(6-9)13(18)17-12-7-10(15)4-5-11(12)16/h1-7H,16H2,(H,17,18). The van der Waals surface area contributed by atoms with Crippen LogP contribution in [0.3, 0.4) is 0 Å². The van der Waals surface area contributed by atoms with Gasteiger partial charge >= 0.3 is 0 Å². The predicted molar refractivity (Wildman–Crippen MR) is 78.0 cm³/mol. The topological polar surface area (TPSA) is 55.1 Å². The molecule has 0 saturated heterocycles. The Bertz CT molecular complexity index is 601. The van der Waals surface area contributed by atoms with Crippen molar-refractivity contribution in [3.63, 3.8) is 0 Å². The smallest absolute Gasteiger partial charge is 0.255 e. The largest absolute Gasteiger partial charge is 0.397 e. The van der Waals surface area contributed by atoms with Gasteiger partial charge < -0.3 is 11.1 Å². The van der Waals surface area contributed by atoms with E-state index in [0.29, 0.717) is 22.0 Å². The number of nitrogens with one attached hydrogen (secondary N) is 1. The van der Waals surface area contributed by atoms with Crippen molar-refractivity contribution in [2.75, 3.05) is 11.1 Å². The highest BCUT2D eigenvalue weighted by Crippen LogP contribution is 2.23. The Hall–Kier alpha value is -1.52. The van der Waals surface area contributed by atoms with E-state index in [1.165, 1.54) is 0 Å². The summed E-state index contributed by atoms with van der Waals surface area (Å²) in [6.07, 6.45) is 0. The number of benzene rings is 2. The van der Waals surface area contributed by atoms with Crippen molar-refractivity contribution in [2.45, 2.75) is 0 Å².